The first-order valence-electron chi connectivity index (χ1n) is 4.67. The number of nitrogens with zero attached hydrogens (tertiary/aromatic N) is 1. The van der Waals surface area contributed by atoms with Gasteiger partial charge in [-0.25, -0.2) is 0 Å². The summed E-state index contributed by atoms with van der Waals surface area (Å²) in [6, 6.07) is 0.674. The molecule has 3 nitrogen and oxygen atoms in total. The molecule has 1 saturated heterocycles. The lowest BCUT2D eigenvalue weighted by atomic mass is 10.2. The Bertz CT molecular complexity index is 130. The second-order valence-corrected chi connectivity index (χ2v) is 3.70. The topological polar surface area (TPSA) is 24.5 Å². The molecule has 0 bridgehead atoms. The molecule has 1 N–H and O–H groups in total. The minimum absolute atomic E-state index is 0.330. The summed E-state index contributed by atoms with van der Waals surface area (Å²) in [5.74, 6) is 0. The van der Waals surface area contributed by atoms with Crippen molar-refractivity contribution in [3.63, 3.8) is 0 Å². The molecule has 0 aromatic rings. The van der Waals surface area contributed by atoms with E-state index in [9.17, 15) is 0 Å². The van der Waals surface area contributed by atoms with Crippen LogP contribution in [0.2, 0.25) is 0 Å². The summed E-state index contributed by atoms with van der Waals surface area (Å²) in [5, 5.41) is 3.50. The summed E-state index contributed by atoms with van der Waals surface area (Å²) in [6.45, 7) is 5.45. The number of likely N-dealkylation sites (N-methyl/N-ethyl adjacent to an activating group) is 1. The van der Waals surface area contributed by atoms with Gasteiger partial charge in [-0.2, -0.15) is 0 Å². The van der Waals surface area contributed by atoms with E-state index in [1.54, 1.807) is 7.11 Å². The van der Waals surface area contributed by atoms with Crippen molar-refractivity contribution in [2.75, 3.05) is 33.8 Å². The van der Waals surface area contributed by atoms with Crippen molar-refractivity contribution in [2.24, 2.45) is 0 Å². The first-order valence-corrected chi connectivity index (χ1v) is 4.67. The molecule has 12 heavy (non-hydrogen) atoms. The minimum atomic E-state index is 0.330. The molecule has 1 aliphatic heterocycles. The minimum Gasteiger partial charge on any atom is -0.380 e. The molecule has 3 heteroatoms. The van der Waals surface area contributed by atoms with E-state index >= 15 is 0 Å². The Morgan fingerprint density at radius 1 is 1.67 bits per heavy atom. The van der Waals surface area contributed by atoms with Crippen molar-refractivity contribution in [1.29, 1.82) is 0 Å². The average molecular weight is 172 g/mol. The molecule has 0 amide bonds. The highest BCUT2D eigenvalue weighted by molar-refractivity contribution is 4.79. The van der Waals surface area contributed by atoms with E-state index in [4.69, 9.17) is 4.74 Å². The standard InChI is InChI=1S/C9H20N2O/c1-8(12-3)6-10-9-4-5-11(2)7-9/h8-10H,4-7H2,1-3H3/t8-,9-/m0/s1. The fourth-order valence-corrected chi connectivity index (χ4v) is 1.52. The summed E-state index contributed by atoms with van der Waals surface area (Å²) < 4.78 is 5.16. The van der Waals surface area contributed by atoms with Crippen molar-refractivity contribution in [3.8, 4) is 0 Å². The summed E-state index contributed by atoms with van der Waals surface area (Å²) >= 11 is 0. The van der Waals surface area contributed by atoms with Crippen LogP contribution in [0, 0.1) is 0 Å². The number of rotatable bonds is 4. The van der Waals surface area contributed by atoms with E-state index in [0.29, 0.717) is 12.1 Å². The van der Waals surface area contributed by atoms with Gasteiger partial charge in [0.25, 0.3) is 0 Å². The lowest BCUT2D eigenvalue weighted by Crippen LogP contribution is -2.36. The highest BCUT2D eigenvalue weighted by Crippen LogP contribution is 2.05. The molecule has 0 radical (unpaired) electrons. The first-order chi connectivity index (χ1) is 5.72. The molecule has 0 spiro atoms. The molecule has 0 saturated carbocycles. The van der Waals surface area contributed by atoms with Crippen LogP contribution in [-0.4, -0.2) is 50.8 Å². The smallest absolute Gasteiger partial charge is 0.0667 e. The Hall–Kier alpha value is -0.120. The molecule has 0 aliphatic carbocycles. The van der Waals surface area contributed by atoms with Crippen LogP contribution < -0.4 is 5.32 Å². The summed E-state index contributed by atoms with van der Waals surface area (Å²) in [7, 11) is 3.93. The third-order valence-corrected chi connectivity index (χ3v) is 2.49. The van der Waals surface area contributed by atoms with E-state index in [1.807, 2.05) is 0 Å². The second kappa shape index (κ2) is 4.80. The molecule has 1 rings (SSSR count). The monoisotopic (exact) mass is 172 g/mol. The average Bonchev–Trinajstić information content (AvgIpc) is 2.47. The van der Waals surface area contributed by atoms with Crippen LogP contribution in [0.25, 0.3) is 0 Å². The maximum Gasteiger partial charge on any atom is 0.0667 e. The number of nitrogens with one attached hydrogen (secondary N) is 1. The Morgan fingerprint density at radius 2 is 2.42 bits per heavy atom. The first kappa shape index (κ1) is 9.96. The third-order valence-electron chi connectivity index (χ3n) is 2.49. The zero-order valence-electron chi connectivity index (χ0n) is 8.34. The zero-order valence-corrected chi connectivity index (χ0v) is 8.34. The normalized spacial score (nSPS) is 27.8. The predicted octanol–water partition coefficient (Wildman–Crippen LogP) is 0.315. The Morgan fingerprint density at radius 3 is 2.92 bits per heavy atom. The van der Waals surface area contributed by atoms with E-state index in [2.05, 4.69) is 24.2 Å². The fraction of sp³-hybridized carbons (Fsp3) is 1.00. The van der Waals surface area contributed by atoms with Gasteiger partial charge in [-0.3, -0.25) is 0 Å². The van der Waals surface area contributed by atoms with Gasteiger partial charge in [0.15, 0.2) is 0 Å². The van der Waals surface area contributed by atoms with Gasteiger partial charge in [0.05, 0.1) is 6.10 Å². The van der Waals surface area contributed by atoms with Crippen molar-refractivity contribution in [2.45, 2.75) is 25.5 Å². The van der Waals surface area contributed by atoms with Gasteiger partial charge in [0.2, 0.25) is 0 Å². The van der Waals surface area contributed by atoms with Gasteiger partial charge in [-0.15, -0.1) is 0 Å². The summed E-state index contributed by atoms with van der Waals surface area (Å²) in [5.41, 5.74) is 0. The molecular formula is C9H20N2O. The molecule has 1 heterocycles. The SMILES string of the molecule is CO[C@@H](C)CN[C@H]1CCN(C)C1. The largest absolute Gasteiger partial charge is 0.380 e. The van der Waals surface area contributed by atoms with Crippen LogP contribution in [-0.2, 0) is 4.74 Å². The van der Waals surface area contributed by atoms with Gasteiger partial charge in [-0.05, 0) is 26.9 Å². The van der Waals surface area contributed by atoms with E-state index in [0.717, 1.165) is 6.54 Å². The quantitative estimate of drug-likeness (QED) is 0.661. The molecular weight excluding hydrogens is 152 g/mol. The molecule has 0 unspecified atom stereocenters. The number of methoxy groups -OCH3 is 1. The van der Waals surface area contributed by atoms with Crippen LogP contribution in [0.5, 0.6) is 0 Å². The number of hydrogen-bond acceptors (Lipinski definition) is 3. The van der Waals surface area contributed by atoms with Crippen molar-refractivity contribution < 1.29 is 4.74 Å². The van der Waals surface area contributed by atoms with Gasteiger partial charge in [0.1, 0.15) is 0 Å². The summed E-state index contributed by atoms with van der Waals surface area (Å²) in [6.07, 6.45) is 1.60. The fourth-order valence-electron chi connectivity index (χ4n) is 1.52. The van der Waals surface area contributed by atoms with Crippen molar-refractivity contribution >= 4 is 0 Å². The van der Waals surface area contributed by atoms with Crippen LogP contribution in [0.3, 0.4) is 0 Å². The van der Waals surface area contributed by atoms with E-state index in [1.165, 1.54) is 19.5 Å². The van der Waals surface area contributed by atoms with Gasteiger partial charge in [-0.1, -0.05) is 0 Å². The maximum atomic E-state index is 5.16. The van der Waals surface area contributed by atoms with Crippen LogP contribution in [0.1, 0.15) is 13.3 Å². The molecule has 2 atom stereocenters. The van der Waals surface area contributed by atoms with Gasteiger partial charge in [0, 0.05) is 26.2 Å². The van der Waals surface area contributed by atoms with Crippen LogP contribution in [0.15, 0.2) is 0 Å². The Labute approximate surface area is 75.1 Å². The molecule has 1 fully saturated rings. The maximum absolute atomic E-state index is 5.16. The molecule has 1 aliphatic rings. The van der Waals surface area contributed by atoms with Gasteiger partial charge >= 0.3 is 0 Å². The molecule has 0 aromatic carbocycles. The van der Waals surface area contributed by atoms with E-state index in [-0.39, 0.29) is 0 Å². The van der Waals surface area contributed by atoms with E-state index < -0.39 is 0 Å². The molecule has 0 aromatic heterocycles. The lowest BCUT2D eigenvalue weighted by Gasteiger charge is -2.15. The second-order valence-electron chi connectivity index (χ2n) is 3.70. The van der Waals surface area contributed by atoms with Crippen LogP contribution in [0.4, 0.5) is 0 Å². The van der Waals surface area contributed by atoms with Crippen molar-refractivity contribution in [3.05, 3.63) is 0 Å². The highest BCUT2D eigenvalue weighted by atomic mass is 16.5. The van der Waals surface area contributed by atoms with Gasteiger partial charge < -0.3 is 15.0 Å². The Balaban J connectivity index is 2.07. The Kier molecular flexibility index (Phi) is 3.98. The predicted molar refractivity (Wildman–Crippen MR) is 50.4 cm³/mol. The number of likely N-dealkylation sites (tertiary alicyclic amines) is 1. The highest BCUT2D eigenvalue weighted by Gasteiger charge is 2.18. The number of hydrogen-bond donors (Lipinski definition) is 1. The van der Waals surface area contributed by atoms with Crippen molar-refractivity contribution in [1.82, 2.24) is 10.2 Å². The number of ether oxygens (including phenoxy) is 1. The zero-order chi connectivity index (χ0) is 8.97. The summed E-state index contributed by atoms with van der Waals surface area (Å²) in [4.78, 5) is 2.36. The van der Waals surface area contributed by atoms with Crippen LogP contribution >= 0.6 is 0 Å². The molecule has 72 valence electrons. The lowest BCUT2D eigenvalue weighted by molar-refractivity contribution is 0.114. The third kappa shape index (κ3) is 3.09.